The van der Waals surface area contributed by atoms with Crippen molar-refractivity contribution in [2.45, 2.75) is 25.8 Å². The summed E-state index contributed by atoms with van der Waals surface area (Å²) in [6, 6.07) is 10.3. The molecule has 0 fully saturated rings. The first-order valence-corrected chi connectivity index (χ1v) is 5.63. The number of carbonyl (C=O) groups is 1. The number of unbranched alkanes of at least 4 members (excludes halogenated alkanes) is 1. The summed E-state index contributed by atoms with van der Waals surface area (Å²) in [5.41, 5.74) is 1.29. The standard InChI is InChI=1S/C13H19NO2.ClH/c1-14(10-6-5-9-13(15)16)11-12-7-3-2-4-8-12;/h2-4,7-8H,5-6,9-11H2,1H3,(H,15,16);1H. The first-order chi connectivity index (χ1) is 7.68. The van der Waals surface area contributed by atoms with Crippen LogP contribution < -0.4 is 0 Å². The summed E-state index contributed by atoms with van der Waals surface area (Å²) in [6.45, 7) is 1.87. The van der Waals surface area contributed by atoms with Gasteiger partial charge in [-0.25, -0.2) is 0 Å². The van der Waals surface area contributed by atoms with Gasteiger partial charge in [-0.05, 0) is 32.0 Å². The Kier molecular flexibility index (Phi) is 8.46. The quantitative estimate of drug-likeness (QED) is 0.764. The molecule has 0 atom stereocenters. The fraction of sp³-hybridized carbons (Fsp3) is 0.462. The highest BCUT2D eigenvalue weighted by atomic mass is 35.5. The van der Waals surface area contributed by atoms with Gasteiger partial charge in [0.1, 0.15) is 0 Å². The van der Waals surface area contributed by atoms with Crippen LogP contribution in [0.4, 0.5) is 0 Å². The molecule has 1 N–H and O–H groups in total. The molecule has 0 saturated carbocycles. The SMILES string of the molecule is CN(CCCCC(=O)O)Cc1ccccc1.Cl. The monoisotopic (exact) mass is 257 g/mol. The molecule has 0 aliphatic carbocycles. The summed E-state index contributed by atoms with van der Waals surface area (Å²) >= 11 is 0. The maximum atomic E-state index is 10.3. The molecule has 1 aromatic carbocycles. The third-order valence-corrected chi connectivity index (χ3v) is 2.48. The molecule has 0 spiro atoms. The largest absolute Gasteiger partial charge is 0.481 e. The molecule has 1 rings (SSSR count). The lowest BCUT2D eigenvalue weighted by atomic mass is 10.2. The molecular formula is C13H20ClNO2. The number of benzene rings is 1. The van der Waals surface area contributed by atoms with Crippen molar-refractivity contribution < 1.29 is 9.90 Å². The molecule has 0 radical (unpaired) electrons. The van der Waals surface area contributed by atoms with Gasteiger partial charge in [-0.2, -0.15) is 0 Å². The molecule has 0 saturated heterocycles. The lowest BCUT2D eigenvalue weighted by molar-refractivity contribution is -0.137. The fourth-order valence-corrected chi connectivity index (χ4v) is 1.63. The summed E-state index contributed by atoms with van der Waals surface area (Å²) in [6.07, 6.45) is 1.98. The third kappa shape index (κ3) is 7.77. The van der Waals surface area contributed by atoms with Crippen LogP contribution in [0.25, 0.3) is 0 Å². The average molecular weight is 258 g/mol. The van der Waals surface area contributed by atoms with Crippen molar-refractivity contribution in [1.82, 2.24) is 4.90 Å². The van der Waals surface area contributed by atoms with E-state index < -0.39 is 5.97 Å². The highest BCUT2D eigenvalue weighted by Gasteiger charge is 2.01. The van der Waals surface area contributed by atoms with Gasteiger partial charge < -0.3 is 10.0 Å². The maximum absolute atomic E-state index is 10.3. The van der Waals surface area contributed by atoms with Crippen LogP contribution in [0.15, 0.2) is 30.3 Å². The molecule has 1 aromatic rings. The molecule has 0 bridgehead atoms. The highest BCUT2D eigenvalue weighted by molar-refractivity contribution is 5.85. The summed E-state index contributed by atoms with van der Waals surface area (Å²) in [5, 5.41) is 8.50. The van der Waals surface area contributed by atoms with Gasteiger partial charge in [-0.15, -0.1) is 12.4 Å². The number of halogens is 1. The van der Waals surface area contributed by atoms with Gasteiger partial charge in [0.15, 0.2) is 0 Å². The first-order valence-electron chi connectivity index (χ1n) is 5.63. The second-order valence-corrected chi connectivity index (χ2v) is 4.07. The van der Waals surface area contributed by atoms with Crippen LogP contribution >= 0.6 is 12.4 Å². The lowest BCUT2D eigenvalue weighted by Gasteiger charge is -2.16. The minimum Gasteiger partial charge on any atom is -0.481 e. The zero-order chi connectivity index (χ0) is 11.8. The van der Waals surface area contributed by atoms with Gasteiger partial charge >= 0.3 is 5.97 Å². The summed E-state index contributed by atoms with van der Waals surface area (Å²) in [5.74, 6) is -0.703. The van der Waals surface area contributed by atoms with Crippen LogP contribution in [0, 0.1) is 0 Å². The van der Waals surface area contributed by atoms with Crippen LogP contribution in [-0.2, 0) is 11.3 Å². The smallest absolute Gasteiger partial charge is 0.303 e. The number of hydrogen-bond acceptors (Lipinski definition) is 2. The third-order valence-electron chi connectivity index (χ3n) is 2.48. The van der Waals surface area contributed by atoms with E-state index in [2.05, 4.69) is 24.1 Å². The van der Waals surface area contributed by atoms with Crippen molar-refractivity contribution in [2.24, 2.45) is 0 Å². The normalized spacial score (nSPS) is 10.0. The average Bonchev–Trinajstić information content (AvgIpc) is 2.25. The summed E-state index contributed by atoms with van der Waals surface area (Å²) < 4.78 is 0. The van der Waals surface area contributed by atoms with Crippen LogP contribution in [0.5, 0.6) is 0 Å². The van der Waals surface area contributed by atoms with E-state index in [1.54, 1.807) is 0 Å². The van der Waals surface area contributed by atoms with Crippen molar-refractivity contribution in [1.29, 1.82) is 0 Å². The second-order valence-electron chi connectivity index (χ2n) is 4.07. The molecule has 3 nitrogen and oxygen atoms in total. The topological polar surface area (TPSA) is 40.5 Å². The lowest BCUT2D eigenvalue weighted by Crippen LogP contribution is -2.19. The van der Waals surface area contributed by atoms with Gasteiger partial charge in [-0.3, -0.25) is 4.79 Å². The number of rotatable bonds is 7. The van der Waals surface area contributed by atoms with Crippen molar-refractivity contribution in [3.05, 3.63) is 35.9 Å². The van der Waals surface area contributed by atoms with Crippen molar-refractivity contribution in [3.63, 3.8) is 0 Å². The predicted molar refractivity (Wildman–Crippen MR) is 71.5 cm³/mol. The zero-order valence-corrected chi connectivity index (χ0v) is 10.9. The van der Waals surface area contributed by atoms with E-state index in [0.717, 1.165) is 25.9 Å². The molecule has 0 amide bonds. The van der Waals surface area contributed by atoms with E-state index in [4.69, 9.17) is 5.11 Å². The molecular weight excluding hydrogens is 238 g/mol. The summed E-state index contributed by atoms with van der Waals surface area (Å²) in [4.78, 5) is 12.5. The van der Waals surface area contributed by atoms with E-state index >= 15 is 0 Å². The van der Waals surface area contributed by atoms with Crippen LogP contribution in [0.1, 0.15) is 24.8 Å². The van der Waals surface area contributed by atoms with Gasteiger partial charge in [0, 0.05) is 13.0 Å². The number of carboxylic acid groups (broad SMARTS) is 1. The van der Waals surface area contributed by atoms with Crippen LogP contribution in [-0.4, -0.2) is 29.6 Å². The number of aliphatic carboxylic acids is 1. The van der Waals surface area contributed by atoms with E-state index in [9.17, 15) is 4.79 Å². The fourth-order valence-electron chi connectivity index (χ4n) is 1.63. The summed E-state index contributed by atoms with van der Waals surface area (Å²) in [7, 11) is 2.06. The maximum Gasteiger partial charge on any atom is 0.303 e. The van der Waals surface area contributed by atoms with Gasteiger partial charge in [0.05, 0.1) is 0 Å². The number of nitrogens with zero attached hydrogens (tertiary/aromatic N) is 1. The Labute approximate surface area is 109 Å². The van der Waals surface area contributed by atoms with Gasteiger partial charge in [0.2, 0.25) is 0 Å². The molecule has 17 heavy (non-hydrogen) atoms. The predicted octanol–water partition coefficient (Wildman–Crippen LogP) is 2.80. The van der Waals surface area contributed by atoms with E-state index in [1.165, 1.54) is 5.56 Å². The highest BCUT2D eigenvalue weighted by Crippen LogP contribution is 2.04. The van der Waals surface area contributed by atoms with Gasteiger partial charge in [0.25, 0.3) is 0 Å². The molecule has 0 aromatic heterocycles. The van der Waals surface area contributed by atoms with Crippen molar-refractivity contribution in [2.75, 3.05) is 13.6 Å². The zero-order valence-electron chi connectivity index (χ0n) is 10.1. The van der Waals surface area contributed by atoms with E-state index in [-0.39, 0.29) is 18.8 Å². The first kappa shape index (κ1) is 15.9. The Morgan fingerprint density at radius 2 is 1.88 bits per heavy atom. The molecule has 0 aliphatic heterocycles. The van der Waals surface area contributed by atoms with Crippen molar-refractivity contribution >= 4 is 18.4 Å². The Balaban J connectivity index is 0.00000256. The number of carboxylic acids is 1. The van der Waals surface area contributed by atoms with Gasteiger partial charge in [-0.1, -0.05) is 30.3 Å². The number of hydrogen-bond donors (Lipinski definition) is 1. The molecule has 0 heterocycles. The van der Waals surface area contributed by atoms with Crippen LogP contribution in [0.3, 0.4) is 0 Å². The minimum absolute atomic E-state index is 0. The Bertz CT molecular complexity index is 316. The Morgan fingerprint density at radius 1 is 1.24 bits per heavy atom. The van der Waals surface area contributed by atoms with Crippen LogP contribution in [0.2, 0.25) is 0 Å². The molecule has 96 valence electrons. The second kappa shape index (κ2) is 9.02. The van der Waals surface area contributed by atoms with E-state index in [0.29, 0.717) is 0 Å². The Hall–Kier alpha value is -1.06. The molecule has 4 heteroatoms. The Morgan fingerprint density at radius 3 is 2.47 bits per heavy atom. The van der Waals surface area contributed by atoms with E-state index in [1.807, 2.05) is 18.2 Å². The van der Waals surface area contributed by atoms with Crippen molar-refractivity contribution in [3.8, 4) is 0 Å². The molecule has 0 unspecified atom stereocenters. The minimum atomic E-state index is -0.703. The molecule has 0 aliphatic rings.